The lowest BCUT2D eigenvalue weighted by Gasteiger charge is -2.14. The molecule has 4 aliphatic rings. The Morgan fingerprint density at radius 3 is 1.92 bits per heavy atom. The third-order valence-electron chi connectivity index (χ3n) is 4.70. The fraction of sp³-hybridized carbons (Fsp3) is 0.182. The predicted molar refractivity (Wildman–Crippen MR) is 98.8 cm³/mol. The van der Waals surface area contributed by atoms with Gasteiger partial charge in [0.15, 0.2) is 0 Å². The monoisotopic (exact) mass is 332 g/mol. The highest BCUT2D eigenvalue weighted by Gasteiger charge is 2.14. The molecule has 4 bridgehead atoms. The Bertz CT molecular complexity index is 866. The van der Waals surface area contributed by atoms with Gasteiger partial charge in [0, 0.05) is 9.79 Å². The molecule has 120 valence electrons. The zero-order valence-corrected chi connectivity index (χ0v) is 14.4. The highest BCUT2D eigenvalue weighted by atomic mass is 32.2. The van der Waals surface area contributed by atoms with Crippen molar-refractivity contribution >= 4 is 10.8 Å². The first-order valence-corrected chi connectivity index (χ1v) is 9.61. The van der Waals surface area contributed by atoms with E-state index in [1.54, 1.807) is 0 Å². The quantitative estimate of drug-likeness (QED) is 0.662. The van der Waals surface area contributed by atoms with Crippen molar-refractivity contribution in [3.8, 4) is 0 Å². The van der Waals surface area contributed by atoms with Gasteiger partial charge >= 0.3 is 0 Å². The average molecular weight is 332 g/mol. The SMILES string of the molecule is O=S(c1ccccc1)c1cc2ccc1CCc1ccc(cc1)CC2. The lowest BCUT2D eigenvalue weighted by atomic mass is 9.97. The van der Waals surface area contributed by atoms with E-state index < -0.39 is 10.8 Å². The zero-order valence-electron chi connectivity index (χ0n) is 13.6. The molecule has 7 rings (SSSR count). The summed E-state index contributed by atoms with van der Waals surface area (Å²) in [5, 5.41) is 0. The summed E-state index contributed by atoms with van der Waals surface area (Å²) >= 11 is 0. The summed E-state index contributed by atoms with van der Waals surface area (Å²) in [5.74, 6) is 0. The lowest BCUT2D eigenvalue weighted by Crippen LogP contribution is -2.04. The molecule has 1 nitrogen and oxygen atoms in total. The van der Waals surface area contributed by atoms with Crippen LogP contribution in [0.1, 0.15) is 22.3 Å². The zero-order chi connectivity index (χ0) is 16.4. The fourth-order valence-corrected chi connectivity index (χ4v) is 4.57. The third-order valence-corrected chi connectivity index (χ3v) is 6.18. The van der Waals surface area contributed by atoms with Gasteiger partial charge in [-0.2, -0.15) is 0 Å². The highest BCUT2D eigenvalue weighted by Crippen LogP contribution is 2.25. The number of aryl methyl sites for hydroxylation is 4. The van der Waals surface area contributed by atoms with E-state index >= 15 is 0 Å². The van der Waals surface area contributed by atoms with Crippen LogP contribution >= 0.6 is 0 Å². The number of rotatable bonds is 2. The Labute approximate surface area is 145 Å². The predicted octanol–water partition coefficient (Wildman–Crippen LogP) is 4.74. The van der Waals surface area contributed by atoms with Gasteiger partial charge in [0.25, 0.3) is 0 Å². The van der Waals surface area contributed by atoms with Gasteiger partial charge in [-0.15, -0.1) is 0 Å². The van der Waals surface area contributed by atoms with Crippen molar-refractivity contribution < 1.29 is 4.21 Å². The first-order valence-electron chi connectivity index (χ1n) is 8.46. The van der Waals surface area contributed by atoms with Gasteiger partial charge < -0.3 is 0 Å². The van der Waals surface area contributed by atoms with Crippen molar-refractivity contribution in [1.29, 1.82) is 0 Å². The Morgan fingerprint density at radius 1 is 0.625 bits per heavy atom. The summed E-state index contributed by atoms with van der Waals surface area (Å²) < 4.78 is 13.1. The summed E-state index contributed by atoms with van der Waals surface area (Å²) in [4.78, 5) is 1.86. The second-order valence-electron chi connectivity index (χ2n) is 6.34. The van der Waals surface area contributed by atoms with Crippen molar-refractivity contribution in [3.05, 3.63) is 95.1 Å². The number of hydrogen-bond acceptors (Lipinski definition) is 1. The largest absolute Gasteiger partial charge is 0.249 e. The minimum Gasteiger partial charge on any atom is -0.249 e. The van der Waals surface area contributed by atoms with E-state index in [0.29, 0.717) is 0 Å². The first-order chi connectivity index (χ1) is 11.8. The summed E-state index contributed by atoms with van der Waals surface area (Å²) in [6.07, 6.45) is 3.92. The molecule has 4 aliphatic carbocycles. The third kappa shape index (κ3) is 3.20. The van der Waals surface area contributed by atoms with Crippen LogP contribution in [0.5, 0.6) is 0 Å². The number of hydrogen-bond donors (Lipinski definition) is 0. The molecule has 0 radical (unpaired) electrons. The van der Waals surface area contributed by atoms with Gasteiger partial charge in [0.05, 0.1) is 10.8 Å². The van der Waals surface area contributed by atoms with E-state index in [1.165, 1.54) is 22.3 Å². The van der Waals surface area contributed by atoms with Gasteiger partial charge in [0.2, 0.25) is 0 Å². The standard InChI is InChI=1S/C22H20OS/c23-24(21-4-2-1-3-5-21)22-16-19-11-10-17-6-8-18(9-7-17)12-14-20(22)15-13-19/h1-9,13,15-16H,10-12,14H2. The molecule has 2 heteroatoms. The van der Waals surface area contributed by atoms with Crippen LogP contribution in [-0.4, -0.2) is 4.21 Å². The van der Waals surface area contributed by atoms with Gasteiger partial charge in [-0.25, -0.2) is 4.21 Å². The average Bonchev–Trinajstić information content (AvgIpc) is 2.64. The normalized spacial score (nSPS) is 14.8. The molecule has 0 aromatic heterocycles. The van der Waals surface area contributed by atoms with Crippen LogP contribution in [-0.2, 0) is 36.5 Å². The topological polar surface area (TPSA) is 17.1 Å². The molecular weight excluding hydrogens is 312 g/mol. The molecule has 0 fully saturated rings. The molecule has 0 spiro atoms. The van der Waals surface area contributed by atoms with Crippen molar-refractivity contribution in [3.63, 3.8) is 0 Å². The second-order valence-corrected chi connectivity index (χ2v) is 7.79. The van der Waals surface area contributed by atoms with Crippen molar-refractivity contribution in [2.24, 2.45) is 0 Å². The van der Waals surface area contributed by atoms with E-state index in [0.717, 1.165) is 35.5 Å². The molecular formula is C22H20OS. The maximum absolute atomic E-state index is 13.1. The van der Waals surface area contributed by atoms with Crippen LogP contribution in [0.25, 0.3) is 0 Å². The lowest BCUT2D eigenvalue weighted by molar-refractivity contribution is 0.681. The highest BCUT2D eigenvalue weighted by molar-refractivity contribution is 7.85. The Balaban J connectivity index is 1.75. The van der Waals surface area contributed by atoms with Crippen molar-refractivity contribution in [1.82, 2.24) is 0 Å². The Hall–Kier alpha value is -2.19. The van der Waals surface area contributed by atoms with E-state index in [9.17, 15) is 4.21 Å². The second kappa shape index (κ2) is 6.74. The van der Waals surface area contributed by atoms with Gasteiger partial charge in [-0.3, -0.25) is 0 Å². The van der Waals surface area contributed by atoms with Crippen LogP contribution in [0.15, 0.2) is 82.6 Å². The smallest absolute Gasteiger partial charge is 0.0852 e. The van der Waals surface area contributed by atoms with E-state index in [4.69, 9.17) is 0 Å². The van der Waals surface area contributed by atoms with Crippen LogP contribution < -0.4 is 0 Å². The molecule has 1 unspecified atom stereocenters. The van der Waals surface area contributed by atoms with Crippen LogP contribution in [0.3, 0.4) is 0 Å². The molecule has 0 amide bonds. The summed E-state index contributed by atoms with van der Waals surface area (Å²) in [6, 6.07) is 25.3. The molecule has 0 aliphatic heterocycles. The maximum atomic E-state index is 13.1. The summed E-state index contributed by atoms with van der Waals surface area (Å²) in [7, 11) is -1.11. The first kappa shape index (κ1) is 15.3. The van der Waals surface area contributed by atoms with Gasteiger partial charge in [-0.1, -0.05) is 54.6 Å². The molecule has 0 N–H and O–H groups in total. The molecule has 3 aromatic rings. The van der Waals surface area contributed by atoms with E-state index in [2.05, 4.69) is 42.5 Å². The Morgan fingerprint density at radius 2 is 1.21 bits per heavy atom. The Kier molecular flexibility index (Phi) is 4.31. The van der Waals surface area contributed by atoms with Crippen molar-refractivity contribution in [2.75, 3.05) is 0 Å². The molecule has 24 heavy (non-hydrogen) atoms. The van der Waals surface area contributed by atoms with Crippen LogP contribution in [0.4, 0.5) is 0 Å². The minimum atomic E-state index is -1.11. The molecule has 1 atom stereocenters. The number of benzene rings is 3. The van der Waals surface area contributed by atoms with Crippen LogP contribution in [0, 0.1) is 0 Å². The van der Waals surface area contributed by atoms with Crippen molar-refractivity contribution in [2.45, 2.75) is 35.5 Å². The van der Waals surface area contributed by atoms with E-state index in [1.807, 2.05) is 30.3 Å². The van der Waals surface area contributed by atoms with Crippen LogP contribution in [0.2, 0.25) is 0 Å². The molecule has 0 saturated heterocycles. The molecule has 0 saturated carbocycles. The molecule has 3 aromatic carbocycles. The van der Waals surface area contributed by atoms with Gasteiger partial charge in [-0.05, 0) is 66.1 Å². The van der Waals surface area contributed by atoms with E-state index in [-0.39, 0.29) is 0 Å². The maximum Gasteiger partial charge on any atom is 0.0852 e. The summed E-state index contributed by atoms with van der Waals surface area (Å²) in [5.41, 5.74) is 5.18. The molecule has 0 heterocycles. The van der Waals surface area contributed by atoms with Gasteiger partial charge in [0.1, 0.15) is 0 Å². The summed E-state index contributed by atoms with van der Waals surface area (Å²) in [6.45, 7) is 0. The fourth-order valence-electron chi connectivity index (χ4n) is 3.24. The minimum absolute atomic E-state index is 0.881.